The normalized spacial score (nSPS) is 14.9. The van der Waals surface area contributed by atoms with Crippen molar-refractivity contribution >= 4 is 0 Å². The van der Waals surface area contributed by atoms with Crippen LogP contribution in [0.3, 0.4) is 0 Å². The Kier molecular flexibility index (Phi) is 5.29. The van der Waals surface area contributed by atoms with Gasteiger partial charge in [-0.05, 0) is 23.6 Å². The Morgan fingerprint density at radius 1 is 1.06 bits per heavy atom. The van der Waals surface area contributed by atoms with Gasteiger partial charge in [0.1, 0.15) is 13.2 Å². The first-order valence-corrected chi connectivity index (χ1v) is 6.33. The Bertz CT molecular complexity index is 350. The SMILES string of the molecule is CC.CC(C)C(N)c1ccc2c(c1)OCCO2. The topological polar surface area (TPSA) is 44.5 Å². The highest BCUT2D eigenvalue weighted by Gasteiger charge is 2.16. The Morgan fingerprint density at radius 2 is 1.65 bits per heavy atom. The minimum Gasteiger partial charge on any atom is -0.486 e. The van der Waals surface area contributed by atoms with Crippen molar-refractivity contribution in [1.29, 1.82) is 0 Å². The van der Waals surface area contributed by atoms with Crippen LogP contribution in [0.25, 0.3) is 0 Å². The molecule has 1 aliphatic heterocycles. The molecule has 1 aromatic carbocycles. The van der Waals surface area contributed by atoms with Crippen LogP contribution in [0.2, 0.25) is 0 Å². The predicted octanol–water partition coefficient (Wildman–Crippen LogP) is 3.14. The number of rotatable bonds is 2. The Labute approximate surface area is 104 Å². The van der Waals surface area contributed by atoms with Gasteiger partial charge in [0.15, 0.2) is 11.5 Å². The van der Waals surface area contributed by atoms with Gasteiger partial charge in [0.05, 0.1) is 0 Å². The summed E-state index contributed by atoms with van der Waals surface area (Å²) in [7, 11) is 0. The number of ether oxygens (including phenoxy) is 2. The summed E-state index contributed by atoms with van der Waals surface area (Å²) in [6.45, 7) is 9.47. The zero-order valence-corrected chi connectivity index (χ0v) is 11.2. The minimum absolute atomic E-state index is 0.0563. The number of benzene rings is 1. The van der Waals surface area contributed by atoms with Gasteiger partial charge < -0.3 is 15.2 Å². The summed E-state index contributed by atoms with van der Waals surface area (Å²) in [4.78, 5) is 0. The van der Waals surface area contributed by atoms with E-state index in [1.54, 1.807) is 0 Å². The Balaban J connectivity index is 0.000000686. The average Bonchev–Trinajstić information content (AvgIpc) is 2.39. The lowest BCUT2D eigenvalue weighted by Crippen LogP contribution is -2.19. The highest BCUT2D eigenvalue weighted by atomic mass is 16.6. The van der Waals surface area contributed by atoms with E-state index in [2.05, 4.69) is 13.8 Å². The summed E-state index contributed by atoms with van der Waals surface area (Å²) in [5.74, 6) is 2.06. The van der Waals surface area contributed by atoms with Crippen LogP contribution in [0, 0.1) is 5.92 Å². The first kappa shape index (κ1) is 13.8. The van der Waals surface area contributed by atoms with E-state index in [1.165, 1.54) is 0 Å². The fourth-order valence-electron chi connectivity index (χ4n) is 1.65. The molecule has 1 unspecified atom stereocenters. The lowest BCUT2D eigenvalue weighted by Gasteiger charge is -2.21. The van der Waals surface area contributed by atoms with Gasteiger partial charge in [0.25, 0.3) is 0 Å². The molecule has 0 aliphatic carbocycles. The maximum absolute atomic E-state index is 6.07. The van der Waals surface area contributed by atoms with Gasteiger partial charge in [-0.15, -0.1) is 0 Å². The third kappa shape index (κ3) is 3.37. The molecule has 0 aromatic heterocycles. The van der Waals surface area contributed by atoms with E-state index in [0.717, 1.165) is 17.1 Å². The van der Waals surface area contributed by atoms with Gasteiger partial charge in [-0.1, -0.05) is 33.8 Å². The fraction of sp³-hybridized carbons (Fsp3) is 0.571. The molecule has 0 fully saturated rings. The Hall–Kier alpha value is -1.22. The second-order valence-electron chi connectivity index (χ2n) is 4.17. The molecule has 1 aromatic rings. The fourth-order valence-corrected chi connectivity index (χ4v) is 1.65. The second-order valence-corrected chi connectivity index (χ2v) is 4.17. The summed E-state index contributed by atoms with van der Waals surface area (Å²) in [6.07, 6.45) is 0. The van der Waals surface area contributed by atoms with Crippen molar-refractivity contribution in [2.45, 2.75) is 33.7 Å². The summed E-state index contributed by atoms with van der Waals surface area (Å²) >= 11 is 0. The predicted molar refractivity (Wildman–Crippen MR) is 70.5 cm³/mol. The van der Waals surface area contributed by atoms with Crippen molar-refractivity contribution in [3.05, 3.63) is 23.8 Å². The monoisotopic (exact) mass is 237 g/mol. The van der Waals surface area contributed by atoms with Crippen molar-refractivity contribution < 1.29 is 9.47 Å². The first-order chi connectivity index (χ1) is 8.18. The highest BCUT2D eigenvalue weighted by Crippen LogP contribution is 2.33. The van der Waals surface area contributed by atoms with E-state index in [0.29, 0.717) is 19.1 Å². The maximum Gasteiger partial charge on any atom is 0.161 e. The Morgan fingerprint density at radius 3 is 2.24 bits per heavy atom. The standard InChI is InChI=1S/C12H17NO2.C2H6/c1-8(2)12(13)9-3-4-10-11(7-9)15-6-5-14-10;1-2/h3-4,7-8,12H,5-6,13H2,1-2H3;1-2H3. The molecule has 1 aliphatic rings. The van der Waals surface area contributed by atoms with Crippen LogP contribution in [0.5, 0.6) is 11.5 Å². The summed E-state index contributed by atoms with van der Waals surface area (Å²) in [5.41, 5.74) is 7.18. The van der Waals surface area contributed by atoms with E-state index in [1.807, 2.05) is 32.0 Å². The summed E-state index contributed by atoms with van der Waals surface area (Å²) in [6, 6.07) is 5.99. The lowest BCUT2D eigenvalue weighted by molar-refractivity contribution is 0.171. The zero-order valence-electron chi connectivity index (χ0n) is 11.2. The molecule has 3 heteroatoms. The third-order valence-corrected chi connectivity index (χ3v) is 2.67. The molecule has 96 valence electrons. The van der Waals surface area contributed by atoms with Gasteiger partial charge in [0, 0.05) is 6.04 Å². The van der Waals surface area contributed by atoms with Crippen LogP contribution in [0.15, 0.2) is 18.2 Å². The summed E-state index contributed by atoms with van der Waals surface area (Å²) < 4.78 is 11.0. The van der Waals surface area contributed by atoms with Crippen molar-refractivity contribution in [3.63, 3.8) is 0 Å². The van der Waals surface area contributed by atoms with E-state index < -0.39 is 0 Å². The largest absolute Gasteiger partial charge is 0.486 e. The third-order valence-electron chi connectivity index (χ3n) is 2.67. The lowest BCUT2D eigenvalue weighted by atomic mass is 9.97. The molecule has 2 rings (SSSR count). The van der Waals surface area contributed by atoms with Crippen molar-refractivity contribution in [2.75, 3.05) is 13.2 Å². The van der Waals surface area contributed by atoms with Gasteiger partial charge in [-0.2, -0.15) is 0 Å². The van der Waals surface area contributed by atoms with E-state index >= 15 is 0 Å². The van der Waals surface area contributed by atoms with Crippen molar-refractivity contribution in [3.8, 4) is 11.5 Å². The molecular formula is C14H23NO2. The smallest absolute Gasteiger partial charge is 0.161 e. The van der Waals surface area contributed by atoms with Crippen molar-refractivity contribution in [1.82, 2.24) is 0 Å². The van der Waals surface area contributed by atoms with Gasteiger partial charge >= 0.3 is 0 Å². The van der Waals surface area contributed by atoms with Crippen LogP contribution < -0.4 is 15.2 Å². The first-order valence-electron chi connectivity index (χ1n) is 6.33. The molecule has 2 N–H and O–H groups in total. The van der Waals surface area contributed by atoms with Crippen LogP contribution in [-0.2, 0) is 0 Å². The number of hydrogen-bond acceptors (Lipinski definition) is 3. The molecule has 1 heterocycles. The molecule has 0 saturated carbocycles. The van der Waals surface area contributed by atoms with E-state index in [4.69, 9.17) is 15.2 Å². The van der Waals surface area contributed by atoms with Crippen LogP contribution in [0.4, 0.5) is 0 Å². The van der Waals surface area contributed by atoms with Crippen LogP contribution in [0.1, 0.15) is 39.3 Å². The molecule has 0 saturated heterocycles. The summed E-state index contributed by atoms with van der Waals surface area (Å²) in [5, 5.41) is 0. The zero-order chi connectivity index (χ0) is 12.8. The molecule has 1 atom stereocenters. The second kappa shape index (κ2) is 6.50. The number of hydrogen-bond donors (Lipinski definition) is 1. The minimum atomic E-state index is 0.0563. The van der Waals surface area contributed by atoms with Gasteiger partial charge in [0.2, 0.25) is 0 Å². The van der Waals surface area contributed by atoms with Gasteiger partial charge in [-0.3, -0.25) is 0 Å². The van der Waals surface area contributed by atoms with Crippen LogP contribution >= 0.6 is 0 Å². The molecule has 0 radical (unpaired) electrons. The number of nitrogens with two attached hydrogens (primary N) is 1. The number of fused-ring (bicyclic) bond motifs is 1. The molecule has 0 bridgehead atoms. The molecule has 3 nitrogen and oxygen atoms in total. The van der Waals surface area contributed by atoms with E-state index in [9.17, 15) is 0 Å². The van der Waals surface area contributed by atoms with E-state index in [-0.39, 0.29) is 6.04 Å². The molecule has 0 spiro atoms. The van der Waals surface area contributed by atoms with Gasteiger partial charge in [-0.25, -0.2) is 0 Å². The average molecular weight is 237 g/mol. The molecule has 17 heavy (non-hydrogen) atoms. The maximum atomic E-state index is 6.07. The highest BCUT2D eigenvalue weighted by molar-refractivity contribution is 5.44. The molecular weight excluding hydrogens is 214 g/mol. The van der Waals surface area contributed by atoms with Crippen LogP contribution in [-0.4, -0.2) is 13.2 Å². The van der Waals surface area contributed by atoms with Crippen molar-refractivity contribution in [2.24, 2.45) is 11.7 Å². The molecule has 0 amide bonds. The quantitative estimate of drug-likeness (QED) is 0.859.